The SMILES string of the molecule is Cc1ccc(Oc2nc3c(F)c(-c4ccc(-c5ccc(CN6CCN(CC(F)(F)F)CC6=O)cc5)cc4)c(F)cc3[nH]2)cc1C(=O)O. The molecule has 47 heavy (non-hydrogen) atoms. The minimum absolute atomic E-state index is 0.0358. The molecule has 0 atom stereocenters. The summed E-state index contributed by atoms with van der Waals surface area (Å²) >= 11 is 0. The summed E-state index contributed by atoms with van der Waals surface area (Å²) in [5, 5.41) is 9.36. The molecular weight excluding hydrogens is 623 g/mol. The summed E-state index contributed by atoms with van der Waals surface area (Å²) < 4.78 is 74.4. The number of alkyl halides is 3. The standard InChI is InChI=1S/C34H27F5N4O4/c1-19-2-11-24(14-25(19)32(45)46)47-33-40-27-15-26(35)29(30(36)31(27)41-33)23-9-7-22(8-10-23)21-5-3-20(4-6-21)16-43-13-12-42(17-28(43)44)18-34(37,38)39/h2-11,14-15H,12-13,16-18H2,1H3,(H,40,41)(H,45,46). The summed E-state index contributed by atoms with van der Waals surface area (Å²) in [7, 11) is 0. The first-order valence-corrected chi connectivity index (χ1v) is 14.5. The lowest BCUT2D eigenvalue weighted by molar-refractivity contribution is -0.157. The van der Waals surface area contributed by atoms with Crippen LogP contribution < -0.4 is 4.74 Å². The second kappa shape index (κ2) is 12.5. The van der Waals surface area contributed by atoms with Crippen LogP contribution in [0.2, 0.25) is 0 Å². The molecule has 1 aromatic heterocycles. The van der Waals surface area contributed by atoms with E-state index in [4.69, 9.17) is 4.74 Å². The van der Waals surface area contributed by atoms with Gasteiger partial charge in [-0.1, -0.05) is 54.6 Å². The van der Waals surface area contributed by atoms with Crippen LogP contribution in [0.3, 0.4) is 0 Å². The fourth-order valence-electron chi connectivity index (χ4n) is 5.54. The number of imidazole rings is 1. The summed E-state index contributed by atoms with van der Waals surface area (Å²) in [6, 6.07) is 19.3. The number of piperazine rings is 1. The van der Waals surface area contributed by atoms with E-state index in [1.54, 1.807) is 43.3 Å². The Bertz CT molecular complexity index is 1970. The van der Waals surface area contributed by atoms with E-state index in [0.29, 0.717) is 5.56 Å². The maximum absolute atomic E-state index is 15.6. The smallest absolute Gasteiger partial charge is 0.401 e. The van der Waals surface area contributed by atoms with Crippen molar-refractivity contribution in [3.63, 3.8) is 0 Å². The molecule has 0 spiro atoms. The molecule has 0 saturated carbocycles. The molecule has 1 amide bonds. The minimum atomic E-state index is -4.36. The molecule has 0 bridgehead atoms. The number of benzene rings is 4. The van der Waals surface area contributed by atoms with Crippen molar-refractivity contribution in [3.05, 3.63) is 101 Å². The minimum Gasteiger partial charge on any atom is -0.478 e. The van der Waals surface area contributed by atoms with E-state index in [1.807, 2.05) is 24.3 Å². The summed E-state index contributed by atoms with van der Waals surface area (Å²) in [6.45, 7) is 0.858. The number of aromatic carboxylic acids is 1. The van der Waals surface area contributed by atoms with Gasteiger partial charge in [0.05, 0.1) is 29.7 Å². The Kier molecular flexibility index (Phi) is 8.41. The molecule has 0 radical (unpaired) electrons. The van der Waals surface area contributed by atoms with Crippen molar-refractivity contribution in [2.45, 2.75) is 19.6 Å². The van der Waals surface area contributed by atoms with Crippen LogP contribution in [0.25, 0.3) is 33.3 Å². The predicted molar refractivity (Wildman–Crippen MR) is 163 cm³/mol. The first kappa shape index (κ1) is 31.7. The Balaban J connectivity index is 1.15. The number of halogens is 5. The summed E-state index contributed by atoms with van der Waals surface area (Å²) in [5.74, 6) is -3.05. The zero-order valence-electron chi connectivity index (χ0n) is 24.9. The van der Waals surface area contributed by atoms with Crippen molar-refractivity contribution in [1.29, 1.82) is 0 Å². The molecule has 6 rings (SSSR count). The van der Waals surface area contributed by atoms with Crippen molar-refractivity contribution in [2.75, 3.05) is 26.2 Å². The molecular formula is C34H27F5N4O4. The number of carbonyl (C=O) groups excluding carboxylic acids is 1. The Morgan fingerprint density at radius 1 is 0.957 bits per heavy atom. The molecule has 0 aliphatic carbocycles. The molecule has 2 N–H and O–H groups in total. The summed E-state index contributed by atoms with van der Waals surface area (Å²) in [6.07, 6.45) is -4.36. The topological polar surface area (TPSA) is 98.8 Å². The molecule has 0 unspecified atom stereocenters. The number of rotatable bonds is 8. The Labute approximate surface area is 265 Å². The number of nitrogens with one attached hydrogen (secondary N) is 1. The van der Waals surface area contributed by atoms with Crippen LogP contribution in [0.15, 0.2) is 72.8 Å². The fourth-order valence-corrected chi connectivity index (χ4v) is 5.54. The molecule has 8 nitrogen and oxygen atoms in total. The molecule has 1 saturated heterocycles. The van der Waals surface area contributed by atoms with E-state index < -0.39 is 30.3 Å². The first-order chi connectivity index (χ1) is 22.3. The highest BCUT2D eigenvalue weighted by atomic mass is 19.4. The lowest BCUT2D eigenvalue weighted by Gasteiger charge is -2.34. The third-order valence-electron chi connectivity index (χ3n) is 7.94. The molecule has 1 aliphatic heterocycles. The lowest BCUT2D eigenvalue weighted by Crippen LogP contribution is -2.52. The molecule has 1 aliphatic rings. The van der Waals surface area contributed by atoms with Crippen LogP contribution in [0.4, 0.5) is 22.0 Å². The molecule has 13 heteroatoms. The zero-order valence-corrected chi connectivity index (χ0v) is 24.9. The van der Waals surface area contributed by atoms with Crippen molar-refractivity contribution in [3.8, 4) is 34.0 Å². The number of carboxylic acid groups (broad SMARTS) is 1. The number of aromatic nitrogens is 2. The van der Waals surface area contributed by atoms with E-state index in [9.17, 15) is 27.9 Å². The number of carboxylic acids is 1. The summed E-state index contributed by atoms with van der Waals surface area (Å²) in [5.41, 5.74) is 2.88. The van der Waals surface area contributed by atoms with Gasteiger partial charge >= 0.3 is 12.1 Å². The van der Waals surface area contributed by atoms with Gasteiger partial charge in [0.1, 0.15) is 17.1 Å². The quantitative estimate of drug-likeness (QED) is 0.173. The van der Waals surface area contributed by atoms with Crippen molar-refractivity contribution >= 4 is 22.9 Å². The average Bonchev–Trinajstić information content (AvgIpc) is 3.42. The number of H-pyrrole nitrogens is 1. The third kappa shape index (κ3) is 6.94. The predicted octanol–water partition coefficient (Wildman–Crippen LogP) is 7.18. The molecule has 242 valence electrons. The number of aromatic amines is 1. The largest absolute Gasteiger partial charge is 0.478 e. The average molecular weight is 651 g/mol. The van der Waals surface area contributed by atoms with E-state index >= 15 is 8.78 Å². The lowest BCUT2D eigenvalue weighted by atomic mass is 9.98. The van der Waals surface area contributed by atoms with E-state index in [2.05, 4.69) is 9.97 Å². The van der Waals surface area contributed by atoms with Gasteiger partial charge in [0.15, 0.2) is 5.82 Å². The zero-order chi connectivity index (χ0) is 33.5. The summed E-state index contributed by atoms with van der Waals surface area (Å²) in [4.78, 5) is 33.3. The van der Waals surface area contributed by atoms with Crippen LogP contribution >= 0.6 is 0 Å². The van der Waals surface area contributed by atoms with Gasteiger partial charge in [-0.2, -0.15) is 18.2 Å². The highest BCUT2D eigenvalue weighted by Crippen LogP contribution is 2.34. The van der Waals surface area contributed by atoms with Gasteiger partial charge in [0, 0.05) is 25.7 Å². The van der Waals surface area contributed by atoms with Crippen LogP contribution in [-0.4, -0.2) is 69.1 Å². The monoisotopic (exact) mass is 650 g/mol. The number of hydrogen-bond donors (Lipinski definition) is 2. The van der Waals surface area contributed by atoms with Gasteiger partial charge in [0.25, 0.3) is 6.01 Å². The van der Waals surface area contributed by atoms with Crippen molar-refractivity contribution < 1.29 is 41.4 Å². The fraction of sp³-hybridized carbons (Fsp3) is 0.206. The van der Waals surface area contributed by atoms with Crippen molar-refractivity contribution in [1.82, 2.24) is 19.8 Å². The second-order valence-corrected chi connectivity index (χ2v) is 11.3. The molecule has 5 aromatic rings. The molecule has 4 aromatic carbocycles. The highest BCUT2D eigenvalue weighted by molar-refractivity contribution is 5.90. The maximum Gasteiger partial charge on any atom is 0.401 e. The Morgan fingerprint density at radius 3 is 2.26 bits per heavy atom. The van der Waals surface area contributed by atoms with Crippen molar-refractivity contribution in [2.24, 2.45) is 0 Å². The van der Waals surface area contributed by atoms with E-state index in [1.165, 1.54) is 11.0 Å². The normalized spacial score (nSPS) is 14.2. The van der Waals surface area contributed by atoms with Crippen LogP contribution in [-0.2, 0) is 11.3 Å². The van der Waals surface area contributed by atoms with Gasteiger partial charge < -0.3 is 19.7 Å². The number of fused-ring (bicyclic) bond motifs is 1. The van der Waals surface area contributed by atoms with Gasteiger partial charge in [-0.05, 0) is 46.9 Å². The van der Waals surface area contributed by atoms with Gasteiger partial charge in [-0.25, -0.2) is 13.6 Å². The first-order valence-electron chi connectivity index (χ1n) is 14.5. The van der Waals surface area contributed by atoms with Gasteiger partial charge in [-0.15, -0.1) is 0 Å². The van der Waals surface area contributed by atoms with E-state index in [-0.39, 0.29) is 71.6 Å². The number of aryl methyl sites for hydroxylation is 1. The number of carbonyl (C=O) groups is 2. The van der Waals surface area contributed by atoms with Gasteiger partial charge in [-0.3, -0.25) is 9.69 Å². The van der Waals surface area contributed by atoms with Crippen LogP contribution in [0.1, 0.15) is 21.5 Å². The number of amides is 1. The third-order valence-corrected chi connectivity index (χ3v) is 7.94. The Hall–Kier alpha value is -5.30. The molecule has 2 heterocycles. The Morgan fingerprint density at radius 2 is 1.62 bits per heavy atom. The number of hydrogen-bond acceptors (Lipinski definition) is 5. The number of ether oxygens (including phenoxy) is 1. The van der Waals surface area contributed by atoms with Crippen LogP contribution in [0, 0.1) is 18.6 Å². The van der Waals surface area contributed by atoms with Gasteiger partial charge in [0.2, 0.25) is 5.91 Å². The molecule has 1 fully saturated rings. The number of nitrogens with zero attached hydrogens (tertiary/aromatic N) is 3. The highest BCUT2D eigenvalue weighted by Gasteiger charge is 2.34. The van der Waals surface area contributed by atoms with Crippen LogP contribution in [0.5, 0.6) is 11.8 Å². The van der Waals surface area contributed by atoms with E-state index in [0.717, 1.165) is 27.7 Å². The second-order valence-electron chi connectivity index (χ2n) is 11.3. The maximum atomic E-state index is 15.6.